The smallest absolute Gasteiger partial charge is 0.130 e. The first-order valence-corrected chi connectivity index (χ1v) is 6.33. The molecule has 0 amide bonds. The number of rotatable bonds is 3. The molecule has 0 atom stereocenters. The molecule has 2 aromatic carbocycles. The van der Waals surface area contributed by atoms with Gasteiger partial charge in [0.15, 0.2) is 0 Å². The Morgan fingerprint density at radius 2 is 1.53 bits per heavy atom. The van der Waals surface area contributed by atoms with Crippen molar-refractivity contribution in [1.82, 2.24) is 0 Å². The Hall–Kier alpha value is -2.22. The SMILES string of the molecule is COc1cccc(OC)c1C1=Cc2ccccc2C1. The van der Waals surface area contributed by atoms with Crippen molar-refractivity contribution in [2.75, 3.05) is 14.2 Å². The Bertz CT molecular complexity index is 619. The molecule has 1 aliphatic rings. The van der Waals surface area contributed by atoms with Crippen LogP contribution in [0.5, 0.6) is 11.5 Å². The van der Waals surface area contributed by atoms with Crippen LogP contribution in [0.25, 0.3) is 11.6 Å². The molecule has 0 N–H and O–H groups in total. The third-order valence-corrected chi connectivity index (χ3v) is 3.51. The number of hydrogen-bond donors (Lipinski definition) is 0. The van der Waals surface area contributed by atoms with E-state index in [-0.39, 0.29) is 0 Å². The lowest BCUT2D eigenvalue weighted by Gasteiger charge is -2.13. The summed E-state index contributed by atoms with van der Waals surface area (Å²) in [6.07, 6.45) is 3.14. The van der Waals surface area contributed by atoms with E-state index in [1.165, 1.54) is 16.7 Å². The number of methoxy groups -OCH3 is 2. The molecule has 96 valence electrons. The van der Waals surface area contributed by atoms with Gasteiger partial charge in [-0.2, -0.15) is 0 Å². The molecule has 0 unspecified atom stereocenters. The van der Waals surface area contributed by atoms with Crippen molar-refractivity contribution in [3.8, 4) is 11.5 Å². The maximum absolute atomic E-state index is 5.48. The predicted octanol–water partition coefficient (Wildman–Crippen LogP) is 3.80. The van der Waals surface area contributed by atoms with Crippen LogP contribution >= 0.6 is 0 Å². The third-order valence-electron chi connectivity index (χ3n) is 3.51. The van der Waals surface area contributed by atoms with Gasteiger partial charge in [-0.05, 0) is 35.3 Å². The van der Waals surface area contributed by atoms with Gasteiger partial charge in [0, 0.05) is 0 Å². The zero-order chi connectivity index (χ0) is 13.2. The second kappa shape index (κ2) is 4.81. The quantitative estimate of drug-likeness (QED) is 0.827. The Kier molecular flexibility index (Phi) is 3.00. The minimum Gasteiger partial charge on any atom is -0.496 e. The molecule has 0 aromatic heterocycles. The average molecular weight is 252 g/mol. The van der Waals surface area contributed by atoms with Crippen LogP contribution in [0.4, 0.5) is 0 Å². The first-order chi connectivity index (χ1) is 9.33. The molecule has 0 fully saturated rings. The lowest BCUT2D eigenvalue weighted by atomic mass is 10.0. The summed E-state index contributed by atoms with van der Waals surface area (Å²) in [5.41, 5.74) is 4.94. The Labute approximate surface area is 113 Å². The number of benzene rings is 2. The van der Waals surface area contributed by atoms with Crippen LogP contribution in [0.2, 0.25) is 0 Å². The Morgan fingerprint density at radius 1 is 0.842 bits per heavy atom. The molecule has 0 aliphatic heterocycles. The molecule has 0 bridgehead atoms. The average Bonchev–Trinajstić information content (AvgIpc) is 2.89. The van der Waals surface area contributed by atoms with Crippen LogP contribution < -0.4 is 9.47 Å². The van der Waals surface area contributed by atoms with Gasteiger partial charge in [-0.15, -0.1) is 0 Å². The largest absolute Gasteiger partial charge is 0.496 e. The molecular weight excluding hydrogens is 236 g/mol. The first-order valence-electron chi connectivity index (χ1n) is 6.33. The number of allylic oxidation sites excluding steroid dienone is 1. The van der Waals surface area contributed by atoms with Gasteiger partial charge >= 0.3 is 0 Å². The highest BCUT2D eigenvalue weighted by Crippen LogP contribution is 2.40. The first kappa shape index (κ1) is 11.8. The molecule has 0 radical (unpaired) electrons. The van der Waals surface area contributed by atoms with Gasteiger partial charge in [0.25, 0.3) is 0 Å². The van der Waals surface area contributed by atoms with Gasteiger partial charge in [0.1, 0.15) is 11.5 Å². The van der Waals surface area contributed by atoms with Gasteiger partial charge in [0.05, 0.1) is 19.8 Å². The topological polar surface area (TPSA) is 18.5 Å². The maximum atomic E-state index is 5.48. The third kappa shape index (κ3) is 1.99. The van der Waals surface area contributed by atoms with Crippen molar-refractivity contribution < 1.29 is 9.47 Å². The summed E-state index contributed by atoms with van der Waals surface area (Å²) >= 11 is 0. The van der Waals surface area contributed by atoms with Crippen LogP contribution in [0, 0.1) is 0 Å². The van der Waals surface area contributed by atoms with Crippen molar-refractivity contribution in [1.29, 1.82) is 0 Å². The minimum atomic E-state index is 0.860. The van der Waals surface area contributed by atoms with Gasteiger partial charge < -0.3 is 9.47 Å². The molecule has 3 rings (SSSR count). The van der Waals surface area contributed by atoms with E-state index in [2.05, 4.69) is 30.3 Å². The molecule has 0 spiro atoms. The van der Waals surface area contributed by atoms with Crippen molar-refractivity contribution >= 4 is 11.6 Å². The summed E-state index contributed by atoms with van der Waals surface area (Å²) in [5.74, 6) is 1.72. The highest BCUT2D eigenvalue weighted by Gasteiger charge is 2.20. The van der Waals surface area contributed by atoms with E-state index < -0.39 is 0 Å². The van der Waals surface area contributed by atoms with Crippen molar-refractivity contribution in [2.45, 2.75) is 6.42 Å². The number of fused-ring (bicyclic) bond motifs is 1. The summed E-state index contributed by atoms with van der Waals surface area (Å²) in [6, 6.07) is 14.4. The van der Waals surface area contributed by atoms with Gasteiger partial charge in [-0.25, -0.2) is 0 Å². The van der Waals surface area contributed by atoms with E-state index in [1.54, 1.807) is 14.2 Å². The highest BCUT2D eigenvalue weighted by molar-refractivity contribution is 5.92. The number of hydrogen-bond acceptors (Lipinski definition) is 2. The second-order valence-corrected chi connectivity index (χ2v) is 4.58. The van der Waals surface area contributed by atoms with Gasteiger partial charge in [-0.3, -0.25) is 0 Å². The standard InChI is InChI=1S/C17H16O2/c1-18-15-8-5-9-16(19-2)17(15)14-10-12-6-3-4-7-13(12)11-14/h3-10H,11H2,1-2H3. The minimum absolute atomic E-state index is 0.860. The molecular formula is C17H16O2. The zero-order valence-electron chi connectivity index (χ0n) is 11.1. The van der Waals surface area contributed by atoms with Crippen LogP contribution in [0.3, 0.4) is 0 Å². The molecule has 0 saturated heterocycles. The van der Waals surface area contributed by atoms with Crippen molar-refractivity contribution in [3.63, 3.8) is 0 Å². The fourth-order valence-electron chi connectivity index (χ4n) is 2.61. The lowest BCUT2D eigenvalue weighted by Crippen LogP contribution is -1.96. The molecule has 0 heterocycles. The molecule has 2 nitrogen and oxygen atoms in total. The summed E-state index contributed by atoms with van der Waals surface area (Å²) in [4.78, 5) is 0. The zero-order valence-corrected chi connectivity index (χ0v) is 11.1. The van der Waals surface area contributed by atoms with Crippen LogP contribution in [0.1, 0.15) is 16.7 Å². The van der Waals surface area contributed by atoms with Crippen LogP contribution in [-0.2, 0) is 6.42 Å². The fraction of sp³-hybridized carbons (Fsp3) is 0.176. The Balaban J connectivity index is 2.10. The normalized spacial score (nSPS) is 12.8. The van der Waals surface area contributed by atoms with Crippen molar-refractivity contribution in [3.05, 3.63) is 59.2 Å². The van der Waals surface area contributed by atoms with E-state index in [1.807, 2.05) is 18.2 Å². The highest BCUT2D eigenvalue weighted by atomic mass is 16.5. The molecule has 1 aliphatic carbocycles. The molecule has 2 aromatic rings. The maximum Gasteiger partial charge on any atom is 0.130 e. The monoisotopic (exact) mass is 252 g/mol. The lowest BCUT2D eigenvalue weighted by molar-refractivity contribution is 0.392. The predicted molar refractivity (Wildman–Crippen MR) is 77.6 cm³/mol. The van der Waals surface area contributed by atoms with E-state index in [0.717, 1.165) is 23.5 Å². The van der Waals surface area contributed by atoms with Crippen molar-refractivity contribution in [2.24, 2.45) is 0 Å². The summed E-state index contributed by atoms with van der Waals surface area (Å²) in [5, 5.41) is 0. The number of ether oxygens (including phenoxy) is 2. The fourth-order valence-corrected chi connectivity index (χ4v) is 2.61. The Morgan fingerprint density at radius 3 is 2.16 bits per heavy atom. The molecule has 0 saturated carbocycles. The van der Waals surface area contributed by atoms with Crippen LogP contribution in [0.15, 0.2) is 42.5 Å². The van der Waals surface area contributed by atoms with E-state index in [4.69, 9.17) is 9.47 Å². The molecule has 2 heteroatoms. The summed E-state index contributed by atoms with van der Waals surface area (Å²) < 4.78 is 11.0. The van der Waals surface area contributed by atoms with E-state index in [9.17, 15) is 0 Å². The summed E-state index contributed by atoms with van der Waals surface area (Å²) in [7, 11) is 3.39. The van der Waals surface area contributed by atoms with Gasteiger partial charge in [0.2, 0.25) is 0 Å². The molecule has 19 heavy (non-hydrogen) atoms. The summed E-state index contributed by atoms with van der Waals surface area (Å²) in [6.45, 7) is 0. The second-order valence-electron chi connectivity index (χ2n) is 4.58. The van der Waals surface area contributed by atoms with E-state index in [0.29, 0.717) is 0 Å². The van der Waals surface area contributed by atoms with Gasteiger partial charge in [-0.1, -0.05) is 36.4 Å². The van der Waals surface area contributed by atoms with Crippen LogP contribution in [-0.4, -0.2) is 14.2 Å². The van der Waals surface area contributed by atoms with E-state index >= 15 is 0 Å².